The van der Waals surface area contributed by atoms with Crippen LogP contribution in [0.15, 0.2) is 41.0 Å². The van der Waals surface area contributed by atoms with Crippen molar-refractivity contribution in [1.29, 1.82) is 0 Å². The summed E-state index contributed by atoms with van der Waals surface area (Å²) in [6, 6.07) is 9.85. The first-order chi connectivity index (χ1) is 10.1. The van der Waals surface area contributed by atoms with Crippen LogP contribution in [0.5, 0.6) is 11.5 Å². The lowest BCUT2D eigenvalue weighted by Crippen LogP contribution is -2.17. The monoisotopic (exact) mass is 350 g/mol. The van der Waals surface area contributed by atoms with Crippen LogP contribution in [0.4, 0.5) is 0 Å². The third-order valence-electron chi connectivity index (χ3n) is 2.95. The largest absolute Gasteiger partial charge is 0.493 e. The van der Waals surface area contributed by atoms with Crippen LogP contribution in [-0.4, -0.2) is 18.1 Å². The first-order valence-corrected chi connectivity index (χ1v) is 7.53. The van der Waals surface area contributed by atoms with E-state index < -0.39 is 0 Å². The Morgan fingerprint density at radius 1 is 1.24 bits per heavy atom. The molecule has 4 nitrogen and oxygen atoms in total. The second kappa shape index (κ2) is 7.43. The smallest absolute Gasteiger partial charge is 0.162 e. The van der Waals surface area contributed by atoms with Gasteiger partial charge in [0.25, 0.3) is 0 Å². The summed E-state index contributed by atoms with van der Waals surface area (Å²) in [6.07, 6.45) is 2.55. The molecule has 21 heavy (non-hydrogen) atoms. The zero-order valence-corrected chi connectivity index (χ0v) is 13.8. The Morgan fingerprint density at radius 2 is 2.05 bits per heavy atom. The number of rotatable bonds is 6. The van der Waals surface area contributed by atoms with Crippen molar-refractivity contribution in [3.05, 3.63) is 52.3 Å². The van der Waals surface area contributed by atoms with Crippen LogP contribution in [0, 0.1) is 0 Å². The predicted octanol–water partition coefficient (Wildman–Crippen LogP) is 3.32. The Morgan fingerprint density at radius 3 is 2.67 bits per heavy atom. The number of hydrogen-bond acceptors (Lipinski definition) is 4. The van der Waals surface area contributed by atoms with Crippen molar-refractivity contribution in [2.24, 2.45) is 5.73 Å². The van der Waals surface area contributed by atoms with Crippen LogP contribution in [0.25, 0.3) is 0 Å². The van der Waals surface area contributed by atoms with Crippen molar-refractivity contribution in [1.82, 2.24) is 4.98 Å². The second-order valence-corrected chi connectivity index (χ2v) is 5.84. The third-order valence-corrected chi connectivity index (χ3v) is 3.42. The molecule has 0 bridgehead atoms. The van der Waals surface area contributed by atoms with E-state index in [2.05, 4.69) is 20.9 Å². The van der Waals surface area contributed by atoms with Gasteiger partial charge in [0, 0.05) is 16.7 Å². The average Bonchev–Trinajstić information content (AvgIpc) is 2.46. The molecule has 1 aromatic carbocycles. The van der Waals surface area contributed by atoms with Gasteiger partial charge in [-0.2, -0.15) is 0 Å². The quantitative estimate of drug-likeness (QED) is 0.867. The minimum Gasteiger partial charge on any atom is -0.493 e. The minimum atomic E-state index is 0.111. The van der Waals surface area contributed by atoms with Crippen molar-refractivity contribution in [3.8, 4) is 11.5 Å². The van der Waals surface area contributed by atoms with Gasteiger partial charge in [-0.05, 0) is 59.1 Å². The molecule has 0 saturated heterocycles. The molecule has 1 heterocycles. The van der Waals surface area contributed by atoms with E-state index in [1.165, 1.54) is 0 Å². The van der Waals surface area contributed by atoms with E-state index in [0.717, 1.165) is 22.2 Å². The fraction of sp³-hybridized carbons (Fsp3) is 0.312. The van der Waals surface area contributed by atoms with Gasteiger partial charge < -0.3 is 15.2 Å². The lowest BCUT2D eigenvalue weighted by atomic mass is 10.1. The maximum Gasteiger partial charge on any atom is 0.162 e. The molecule has 0 aliphatic heterocycles. The van der Waals surface area contributed by atoms with Crippen LogP contribution in [0.1, 0.15) is 18.2 Å². The van der Waals surface area contributed by atoms with E-state index in [1.807, 2.05) is 37.3 Å². The van der Waals surface area contributed by atoms with Gasteiger partial charge in [0.05, 0.1) is 12.8 Å². The Labute approximate surface area is 133 Å². The van der Waals surface area contributed by atoms with Gasteiger partial charge in [-0.3, -0.25) is 4.98 Å². The number of nitrogens with zero attached hydrogens (tertiary/aromatic N) is 1. The SMILES string of the molecule is COc1ccc(CC(C)N)cc1OCc1ccc(Br)cn1. The van der Waals surface area contributed by atoms with Gasteiger partial charge in [0.15, 0.2) is 11.5 Å². The molecule has 0 aliphatic rings. The summed E-state index contributed by atoms with van der Waals surface area (Å²) in [5.41, 5.74) is 7.83. The van der Waals surface area contributed by atoms with E-state index >= 15 is 0 Å². The Bertz CT molecular complexity index is 585. The van der Waals surface area contributed by atoms with Gasteiger partial charge >= 0.3 is 0 Å². The third kappa shape index (κ3) is 4.72. The molecule has 0 saturated carbocycles. The summed E-state index contributed by atoms with van der Waals surface area (Å²) >= 11 is 3.36. The minimum absolute atomic E-state index is 0.111. The van der Waals surface area contributed by atoms with Crippen molar-refractivity contribution in [2.45, 2.75) is 26.0 Å². The molecule has 2 N–H and O–H groups in total. The van der Waals surface area contributed by atoms with Gasteiger partial charge in [0.1, 0.15) is 6.61 Å². The second-order valence-electron chi connectivity index (χ2n) is 4.92. The normalized spacial score (nSPS) is 12.0. The molecule has 0 radical (unpaired) electrons. The number of nitrogens with two attached hydrogens (primary N) is 1. The number of benzene rings is 1. The first kappa shape index (κ1) is 15.8. The standard InChI is InChI=1S/C16H19BrN2O2/c1-11(18)7-12-3-6-15(20-2)16(8-12)21-10-14-5-4-13(17)9-19-14/h3-6,8-9,11H,7,10,18H2,1-2H3. The van der Waals surface area contributed by atoms with Crippen molar-refractivity contribution in [2.75, 3.05) is 7.11 Å². The molecule has 0 aliphatic carbocycles. The van der Waals surface area contributed by atoms with E-state index in [-0.39, 0.29) is 6.04 Å². The van der Waals surface area contributed by atoms with Crippen LogP contribution in [-0.2, 0) is 13.0 Å². The van der Waals surface area contributed by atoms with E-state index in [4.69, 9.17) is 15.2 Å². The van der Waals surface area contributed by atoms with E-state index in [1.54, 1.807) is 13.3 Å². The molecular formula is C16H19BrN2O2. The highest BCUT2D eigenvalue weighted by molar-refractivity contribution is 9.10. The zero-order chi connectivity index (χ0) is 15.2. The molecule has 5 heteroatoms. The number of ether oxygens (including phenoxy) is 2. The summed E-state index contributed by atoms with van der Waals surface area (Å²) in [6.45, 7) is 2.38. The topological polar surface area (TPSA) is 57.4 Å². The van der Waals surface area contributed by atoms with Crippen molar-refractivity contribution < 1.29 is 9.47 Å². The highest BCUT2D eigenvalue weighted by Crippen LogP contribution is 2.29. The van der Waals surface area contributed by atoms with Crippen LogP contribution < -0.4 is 15.2 Å². The molecule has 2 rings (SSSR count). The maximum absolute atomic E-state index is 5.84. The molecule has 0 fully saturated rings. The maximum atomic E-state index is 5.84. The lowest BCUT2D eigenvalue weighted by molar-refractivity contribution is 0.280. The molecule has 0 amide bonds. The fourth-order valence-corrected chi connectivity index (χ4v) is 2.21. The number of methoxy groups -OCH3 is 1. The number of halogens is 1. The zero-order valence-electron chi connectivity index (χ0n) is 12.2. The summed E-state index contributed by atoms with van der Waals surface area (Å²) < 4.78 is 12.1. The highest BCUT2D eigenvalue weighted by atomic mass is 79.9. The van der Waals surface area contributed by atoms with E-state index in [9.17, 15) is 0 Å². The summed E-state index contributed by atoms with van der Waals surface area (Å²) in [4.78, 5) is 4.29. The highest BCUT2D eigenvalue weighted by Gasteiger charge is 2.08. The van der Waals surface area contributed by atoms with Crippen molar-refractivity contribution >= 4 is 15.9 Å². The first-order valence-electron chi connectivity index (χ1n) is 6.74. The molecule has 0 spiro atoms. The number of hydrogen-bond donors (Lipinski definition) is 1. The molecule has 1 unspecified atom stereocenters. The van der Waals surface area contributed by atoms with Gasteiger partial charge in [-0.25, -0.2) is 0 Å². The summed E-state index contributed by atoms with van der Waals surface area (Å²) in [5, 5.41) is 0. The molecule has 1 aromatic heterocycles. The van der Waals surface area contributed by atoms with Gasteiger partial charge in [-0.15, -0.1) is 0 Å². The Kier molecular flexibility index (Phi) is 5.59. The summed E-state index contributed by atoms with van der Waals surface area (Å²) in [7, 11) is 1.63. The van der Waals surface area contributed by atoms with Gasteiger partial charge in [-0.1, -0.05) is 6.07 Å². The summed E-state index contributed by atoms with van der Waals surface area (Å²) in [5.74, 6) is 1.42. The van der Waals surface area contributed by atoms with Crippen LogP contribution in [0.2, 0.25) is 0 Å². The van der Waals surface area contributed by atoms with Crippen LogP contribution in [0.3, 0.4) is 0 Å². The fourth-order valence-electron chi connectivity index (χ4n) is 1.98. The molecule has 2 aromatic rings. The lowest BCUT2D eigenvalue weighted by Gasteiger charge is -2.13. The van der Waals surface area contributed by atoms with E-state index in [0.29, 0.717) is 18.1 Å². The molecular weight excluding hydrogens is 332 g/mol. The van der Waals surface area contributed by atoms with Crippen LogP contribution >= 0.6 is 15.9 Å². The van der Waals surface area contributed by atoms with Gasteiger partial charge in [0.2, 0.25) is 0 Å². The Hall–Kier alpha value is -1.59. The number of pyridine rings is 1. The molecule has 112 valence electrons. The number of aromatic nitrogens is 1. The molecule has 1 atom stereocenters. The Balaban J connectivity index is 2.11. The van der Waals surface area contributed by atoms with Crippen molar-refractivity contribution in [3.63, 3.8) is 0 Å². The predicted molar refractivity (Wildman–Crippen MR) is 86.6 cm³/mol. The average molecular weight is 351 g/mol.